The molecular weight excluding hydrogens is 675 g/mol. The Labute approximate surface area is 317 Å². The first-order chi connectivity index (χ1) is 27.2. The summed E-state index contributed by atoms with van der Waals surface area (Å²) >= 11 is 0. The van der Waals surface area contributed by atoms with E-state index >= 15 is 0 Å². The molecule has 0 saturated heterocycles. The second-order valence-electron chi connectivity index (χ2n) is 13.6. The van der Waals surface area contributed by atoms with Crippen LogP contribution in [0.4, 0.5) is 0 Å². The van der Waals surface area contributed by atoms with Crippen LogP contribution in [-0.4, -0.2) is 26.7 Å². The van der Waals surface area contributed by atoms with E-state index < -0.39 is 6.04 Å². The zero-order chi connectivity index (χ0) is 36.7. The number of pyridine rings is 1. The number of hydrogen-bond acceptors (Lipinski definition) is 4. The summed E-state index contributed by atoms with van der Waals surface area (Å²) in [5, 5.41) is 1.88. The maximum absolute atomic E-state index is 13.9. The lowest BCUT2D eigenvalue weighted by atomic mass is 9.86. The average Bonchev–Trinajstić information content (AvgIpc) is 4.08. The third-order valence-electron chi connectivity index (χ3n) is 10.3. The third kappa shape index (κ3) is 5.68. The summed E-state index contributed by atoms with van der Waals surface area (Å²) in [6.07, 6.45) is 12.1. The molecule has 6 nitrogen and oxygen atoms in total. The summed E-state index contributed by atoms with van der Waals surface area (Å²) in [7, 11) is 0. The van der Waals surface area contributed by atoms with Gasteiger partial charge in [-0.05, 0) is 64.8 Å². The van der Waals surface area contributed by atoms with E-state index in [1.54, 1.807) is 16.7 Å². The molecule has 4 aromatic carbocycles. The summed E-state index contributed by atoms with van der Waals surface area (Å²) in [6, 6.07) is 50.2. The minimum atomic E-state index is -0.578. The highest BCUT2D eigenvalue weighted by Gasteiger charge is 2.36. The lowest BCUT2D eigenvalue weighted by Crippen LogP contribution is -2.30. The van der Waals surface area contributed by atoms with Gasteiger partial charge >= 0.3 is 0 Å². The van der Waals surface area contributed by atoms with E-state index in [1.807, 2.05) is 67.0 Å². The van der Waals surface area contributed by atoms with Crippen molar-refractivity contribution < 1.29 is 0 Å². The number of nitrogens with one attached hydrogen (secondary N) is 1. The third-order valence-corrected chi connectivity index (χ3v) is 10.3. The van der Waals surface area contributed by atoms with Gasteiger partial charge in [0, 0.05) is 57.0 Å². The fourth-order valence-electron chi connectivity index (χ4n) is 7.92. The number of rotatable bonds is 5. The smallest absolute Gasteiger partial charge is 0.251 e. The molecule has 0 aliphatic carbocycles. The summed E-state index contributed by atoms with van der Waals surface area (Å²) < 4.78 is 1.78. The Morgan fingerprint density at radius 1 is 0.473 bits per heavy atom. The maximum Gasteiger partial charge on any atom is 0.251 e. The molecule has 4 aliphatic heterocycles. The Kier molecular flexibility index (Phi) is 7.92. The molecule has 0 spiro atoms. The molecule has 4 aliphatic rings. The molecule has 6 aromatic rings. The first-order valence-electron chi connectivity index (χ1n) is 18.3. The SMILES string of the molecule is O=c1ccccn1C1C2=CN=C1C(c1ccccc1)=C1C=CC(=N1)C(c1ccccc1)=c1ccc([nH]1)=C(c1ccccc1)C1=NC(=C2c2ccccc2)C=C1. The number of hydrogen-bond donors (Lipinski definition) is 1. The molecule has 2 aromatic heterocycles. The molecule has 260 valence electrons. The first kappa shape index (κ1) is 32.2. The molecule has 0 radical (unpaired) electrons. The lowest BCUT2D eigenvalue weighted by molar-refractivity contribution is 0.713. The van der Waals surface area contributed by atoms with Crippen molar-refractivity contribution in [2.45, 2.75) is 6.04 Å². The largest absolute Gasteiger partial charge is 0.354 e. The molecule has 10 rings (SSSR count). The molecule has 0 fully saturated rings. The van der Waals surface area contributed by atoms with E-state index in [9.17, 15) is 4.79 Å². The molecule has 0 saturated carbocycles. The molecule has 1 unspecified atom stereocenters. The van der Waals surface area contributed by atoms with Crippen molar-refractivity contribution in [1.82, 2.24) is 9.55 Å². The Morgan fingerprint density at radius 3 is 1.44 bits per heavy atom. The van der Waals surface area contributed by atoms with Gasteiger partial charge in [0.25, 0.3) is 5.56 Å². The summed E-state index contributed by atoms with van der Waals surface area (Å²) in [5.74, 6) is 0. The van der Waals surface area contributed by atoms with Gasteiger partial charge in [0.05, 0.1) is 28.5 Å². The normalized spacial score (nSPS) is 17.4. The molecular formula is C49H33N5O. The van der Waals surface area contributed by atoms with Crippen molar-refractivity contribution in [2.75, 3.05) is 0 Å². The summed E-state index contributed by atoms with van der Waals surface area (Å²) in [5.41, 5.74) is 12.4. The number of aliphatic imine (C=N–C) groups is 3. The Bertz CT molecular complexity index is 2780. The second kappa shape index (κ2) is 13.5. The number of benzene rings is 4. The van der Waals surface area contributed by atoms with Crippen LogP contribution < -0.4 is 16.3 Å². The summed E-state index contributed by atoms with van der Waals surface area (Å²) in [4.78, 5) is 33.8. The van der Waals surface area contributed by atoms with Crippen LogP contribution in [0.15, 0.2) is 225 Å². The van der Waals surface area contributed by atoms with Crippen molar-refractivity contribution in [3.8, 4) is 0 Å². The molecule has 0 amide bonds. The van der Waals surface area contributed by atoms with Gasteiger partial charge in [0.1, 0.15) is 6.04 Å². The molecule has 8 bridgehead atoms. The van der Waals surface area contributed by atoms with Crippen LogP contribution in [0, 0.1) is 0 Å². The molecule has 55 heavy (non-hydrogen) atoms. The predicted molar refractivity (Wildman–Crippen MR) is 223 cm³/mol. The fourth-order valence-corrected chi connectivity index (χ4v) is 7.92. The van der Waals surface area contributed by atoms with Crippen LogP contribution in [0.3, 0.4) is 0 Å². The van der Waals surface area contributed by atoms with Gasteiger partial charge in [0.15, 0.2) is 0 Å². The first-order valence-corrected chi connectivity index (χ1v) is 18.3. The van der Waals surface area contributed by atoms with Gasteiger partial charge in [-0.2, -0.15) is 0 Å². The van der Waals surface area contributed by atoms with Gasteiger partial charge in [-0.25, -0.2) is 9.98 Å². The number of H-pyrrole nitrogens is 1. The van der Waals surface area contributed by atoms with Crippen molar-refractivity contribution in [2.24, 2.45) is 15.0 Å². The highest BCUT2D eigenvalue weighted by Crippen LogP contribution is 2.44. The number of fused-ring (bicyclic) bond motifs is 6. The van der Waals surface area contributed by atoms with Gasteiger partial charge in [-0.1, -0.05) is 127 Å². The Balaban J connectivity index is 1.36. The van der Waals surface area contributed by atoms with Crippen LogP contribution in [0.5, 0.6) is 0 Å². The van der Waals surface area contributed by atoms with Gasteiger partial charge < -0.3 is 9.55 Å². The number of aromatic nitrogens is 2. The zero-order valence-electron chi connectivity index (χ0n) is 29.7. The number of nitrogens with zero attached hydrogens (tertiary/aromatic N) is 4. The standard InChI is InChI=1S/C49H33N5O/c55-43-23-13-14-30-54(43)49-36-31-50-48(49)47(35-21-11-4-12-22-35)42-29-28-41(53-42)46(34-19-9-3-10-20-34)40-27-26-39(52-40)45(33-17-7-2-8-18-33)38-25-24-37(51-38)44(36)32-15-5-1-6-16-32/h1-31,49,52H. The zero-order valence-corrected chi connectivity index (χ0v) is 29.7. The van der Waals surface area contributed by atoms with Gasteiger partial charge in [-0.3, -0.25) is 9.79 Å². The van der Waals surface area contributed by atoms with Gasteiger partial charge in [-0.15, -0.1) is 0 Å². The highest BCUT2D eigenvalue weighted by molar-refractivity contribution is 6.34. The molecule has 1 atom stereocenters. The van der Waals surface area contributed by atoms with Crippen molar-refractivity contribution in [3.05, 3.63) is 249 Å². The quantitative estimate of drug-likeness (QED) is 0.194. The highest BCUT2D eigenvalue weighted by atomic mass is 16.1. The monoisotopic (exact) mass is 707 g/mol. The Morgan fingerprint density at radius 2 is 0.927 bits per heavy atom. The van der Waals surface area contributed by atoms with Crippen molar-refractivity contribution in [3.63, 3.8) is 0 Å². The predicted octanol–water partition coefficient (Wildman–Crippen LogP) is 8.01. The van der Waals surface area contributed by atoms with E-state index in [-0.39, 0.29) is 5.56 Å². The van der Waals surface area contributed by atoms with Crippen LogP contribution in [0.1, 0.15) is 28.3 Å². The molecule has 1 N–H and O–H groups in total. The molecule has 6 heteroatoms. The second-order valence-corrected chi connectivity index (χ2v) is 13.6. The summed E-state index contributed by atoms with van der Waals surface area (Å²) in [6.45, 7) is 0. The number of allylic oxidation sites excluding steroid dienone is 7. The Hall–Kier alpha value is -7.44. The van der Waals surface area contributed by atoms with Crippen molar-refractivity contribution in [1.29, 1.82) is 0 Å². The van der Waals surface area contributed by atoms with E-state index in [4.69, 9.17) is 15.0 Å². The lowest BCUT2D eigenvalue weighted by Gasteiger charge is -2.25. The van der Waals surface area contributed by atoms with E-state index in [1.165, 1.54) is 0 Å². The minimum absolute atomic E-state index is 0.129. The van der Waals surface area contributed by atoms with E-state index in [0.717, 1.165) is 89.3 Å². The van der Waals surface area contributed by atoms with Gasteiger partial charge in [0.2, 0.25) is 0 Å². The van der Waals surface area contributed by atoms with Crippen LogP contribution in [0.25, 0.3) is 22.3 Å². The fraction of sp³-hybridized carbons (Fsp3) is 0.0204. The maximum atomic E-state index is 13.9. The van der Waals surface area contributed by atoms with Crippen LogP contribution in [-0.2, 0) is 0 Å². The van der Waals surface area contributed by atoms with Crippen LogP contribution in [0.2, 0.25) is 0 Å². The number of aromatic amines is 1. The van der Waals surface area contributed by atoms with Crippen LogP contribution >= 0.6 is 0 Å². The topological polar surface area (TPSA) is 74.9 Å². The minimum Gasteiger partial charge on any atom is -0.354 e. The van der Waals surface area contributed by atoms with E-state index in [0.29, 0.717) is 0 Å². The molecule has 6 heterocycles. The van der Waals surface area contributed by atoms with E-state index in [2.05, 4.69) is 114 Å². The van der Waals surface area contributed by atoms with Crippen molar-refractivity contribution >= 4 is 39.4 Å². The average molecular weight is 708 g/mol.